The Hall–Kier alpha value is -5.13. The number of hydrogen-bond donors (Lipinski definition) is 1. The maximum absolute atomic E-state index is 13.8. The Balaban J connectivity index is 1.02. The van der Waals surface area contributed by atoms with Crippen LogP contribution in [0.4, 0.5) is 10.5 Å². The molecule has 0 bridgehead atoms. The zero-order chi connectivity index (χ0) is 39.0. The van der Waals surface area contributed by atoms with Gasteiger partial charge in [0.15, 0.2) is 5.58 Å². The number of benzene rings is 2. The van der Waals surface area contributed by atoms with Crippen molar-refractivity contribution in [2.75, 3.05) is 20.8 Å². The molecule has 1 aliphatic carbocycles. The van der Waals surface area contributed by atoms with Gasteiger partial charge in [-0.2, -0.15) is 0 Å². The third-order valence-corrected chi connectivity index (χ3v) is 11.9. The average molecular weight is 750 g/mol. The highest BCUT2D eigenvalue weighted by atomic mass is 16.5. The first-order valence-electron chi connectivity index (χ1n) is 19.6. The summed E-state index contributed by atoms with van der Waals surface area (Å²) in [5.74, 6) is -0.258. The molecule has 12 nitrogen and oxygen atoms in total. The topological polar surface area (TPSA) is 153 Å². The fourth-order valence-corrected chi connectivity index (χ4v) is 8.81. The number of fused-ring (bicyclic) bond motifs is 2. The molecule has 3 aromatic rings. The quantitative estimate of drug-likeness (QED) is 0.187. The number of Topliss-reactive ketones (excluding diaryl/α,β-unsaturated/α-hetero) is 1. The van der Waals surface area contributed by atoms with Gasteiger partial charge in [0, 0.05) is 60.3 Å². The first-order valence-corrected chi connectivity index (χ1v) is 19.6. The maximum atomic E-state index is 13.8. The van der Waals surface area contributed by atoms with Gasteiger partial charge in [0.05, 0.1) is 32.4 Å². The van der Waals surface area contributed by atoms with Crippen LogP contribution in [0.15, 0.2) is 57.0 Å². The molecule has 55 heavy (non-hydrogen) atoms. The first kappa shape index (κ1) is 38.2. The number of carbonyl (C=O) groups excluding carboxylic acids is 4. The van der Waals surface area contributed by atoms with Crippen molar-refractivity contribution < 1.29 is 33.1 Å². The number of esters is 1. The lowest BCUT2D eigenvalue weighted by atomic mass is 9.77. The van der Waals surface area contributed by atoms with E-state index in [0.29, 0.717) is 30.9 Å². The van der Waals surface area contributed by atoms with Crippen molar-refractivity contribution in [3.8, 4) is 11.5 Å². The molecule has 7 rings (SSSR count). The van der Waals surface area contributed by atoms with Gasteiger partial charge < -0.3 is 24.1 Å². The number of ketones is 1. The lowest BCUT2D eigenvalue weighted by Gasteiger charge is -2.31. The second-order valence-corrected chi connectivity index (χ2v) is 16.0. The van der Waals surface area contributed by atoms with Gasteiger partial charge >= 0.3 is 12.1 Å². The number of hydrogen-bond acceptors (Lipinski definition) is 10. The molecular formula is C43H51N5O7. The highest BCUT2D eigenvalue weighted by molar-refractivity contribution is 6.04. The Morgan fingerprint density at radius 2 is 1.71 bits per heavy atom. The molecule has 3 aliphatic heterocycles. The van der Waals surface area contributed by atoms with Crippen LogP contribution in [0.5, 0.6) is 0 Å². The van der Waals surface area contributed by atoms with Crippen LogP contribution in [-0.4, -0.2) is 77.9 Å². The van der Waals surface area contributed by atoms with Crippen LogP contribution in [-0.2, 0) is 30.3 Å². The monoisotopic (exact) mass is 749 g/mol. The third kappa shape index (κ3) is 7.73. The second-order valence-electron chi connectivity index (χ2n) is 16.0. The van der Waals surface area contributed by atoms with E-state index < -0.39 is 12.1 Å². The van der Waals surface area contributed by atoms with Crippen molar-refractivity contribution in [3.05, 3.63) is 53.7 Å². The highest BCUT2D eigenvalue weighted by Crippen LogP contribution is 2.42. The number of nitrogens with zero attached hydrogens (tertiary/aromatic N) is 4. The molecule has 2 fully saturated rings. The number of carbonyl (C=O) groups is 4. The summed E-state index contributed by atoms with van der Waals surface area (Å²) in [7, 11) is 2.66. The molecule has 1 saturated carbocycles. The number of oxazole rings is 1. The van der Waals surface area contributed by atoms with Crippen LogP contribution in [0.2, 0.25) is 0 Å². The standard InChI is InChI=1S/C43H51N5O7/c1-23(2)31(21-38(49)53-5)40(50)30-10-7-9-29(30)33-19-27-17-26(12-14-32(27)45-33)41-46-35-18-25(13-15-37(35)55-41)28-20-34(44-22-28)36-11-8-16-48(36)42(51)39(24(3)4)47-43(52)54-6/h12-15,17-18,22-24,29-31,36,39H,7-11,16,19-21H2,1-6H3,(H,47,52)/t29-,30?,31+,36+,39+/m1/s1. The van der Waals surface area contributed by atoms with Crippen molar-refractivity contribution >= 4 is 57.5 Å². The van der Waals surface area contributed by atoms with E-state index in [1.807, 2.05) is 69.1 Å². The Morgan fingerprint density at radius 3 is 2.45 bits per heavy atom. The summed E-state index contributed by atoms with van der Waals surface area (Å²) < 4.78 is 15.9. The van der Waals surface area contributed by atoms with E-state index in [0.717, 1.165) is 77.0 Å². The first-order chi connectivity index (χ1) is 26.4. The number of allylic oxidation sites excluding steroid dienone is 1. The molecule has 1 N–H and O–H groups in total. The van der Waals surface area contributed by atoms with E-state index in [1.54, 1.807) is 0 Å². The average Bonchev–Trinajstić information content (AvgIpc) is 4.02. The van der Waals surface area contributed by atoms with Crippen molar-refractivity contribution in [2.45, 2.75) is 91.1 Å². The fraction of sp³-hybridized carbons (Fsp3) is 0.512. The highest BCUT2D eigenvalue weighted by Gasteiger charge is 2.42. The van der Waals surface area contributed by atoms with E-state index in [1.165, 1.54) is 14.2 Å². The largest absolute Gasteiger partial charge is 0.469 e. The molecule has 2 amide bonds. The molecule has 1 aromatic heterocycles. The van der Waals surface area contributed by atoms with Gasteiger partial charge in [-0.1, -0.05) is 40.2 Å². The minimum Gasteiger partial charge on any atom is -0.469 e. The molecule has 0 radical (unpaired) electrons. The molecular weight excluding hydrogens is 699 g/mol. The summed E-state index contributed by atoms with van der Waals surface area (Å²) in [6.45, 7) is 8.43. The fourth-order valence-electron chi connectivity index (χ4n) is 8.81. The van der Waals surface area contributed by atoms with E-state index >= 15 is 0 Å². The summed E-state index contributed by atoms with van der Waals surface area (Å²) in [5, 5.41) is 2.71. The third-order valence-electron chi connectivity index (χ3n) is 11.9. The van der Waals surface area contributed by atoms with Gasteiger partial charge in [0.25, 0.3) is 0 Å². The van der Waals surface area contributed by atoms with E-state index in [9.17, 15) is 19.2 Å². The van der Waals surface area contributed by atoms with Crippen molar-refractivity contribution in [1.29, 1.82) is 0 Å². The van der Waals surface area contributed by atoms with Gasteiger partial charge in [0.2, 0.25) is 11.8 Å². The molecule has 4 aliphatic rings. The van der Waals surface area contributed by atoms with Crippen molar-refractivity contribution in [3.63, 3.8) is 0 Å². The number of nitrogens with one attached hydrogen (secondary N) is 1. The van der Waals surface area contributed by atoms with Crippen LogP contribution >= 0.6 is 0 Å². The maximum Gasteiger partial charge on any atom is 0.407 e. The Kier molecular flexibility index (Phi) is 11.0. The summed E-state index contributed by atoms with van der Waals surface area (Å²) in [5.41, 5.74) is 8.31. The zero-order valence-electron chi connectivity index (χ0n) is 32.6. The Labute approximate surface area is 321 Å². The smallest absolute Gasteiger partial charge is 0.407 e. The minimum atomic E-state index is -0.676. The van der Waals surface area contributed by atoms with Crippen molar-refractivity contribution in [2.24, 2.45) is 39.6 Å². The van der Waals surface area contributed by atoms with E-state index in [2.05, 4.69) is 11.4 Å². The lowest BCUT2D eigenvalue weighted by molar-refractivity contribution is -0.145. The number of aliphatic imine (C=N–C) groups is 2. The van der Waals surface area contributed by atoms with Gasteiger partial charge in [-0.05, 0) is 84.6 Å². The number of methoxy groups -OCH3 is 2. The number of rotatable bonds is 12. The van der Waals surface area contributed by atoms with Gasteiger partial charge in [0.1, 0.15) is 17.3 Å². The minimum absolute atomic E-state index is 0.0493. The number of aromatic nitrogens is 1. The summed E-state index contributed by atoms with van der Waals surface area (Å²) in [4.78, 5) is 68.1. The summed E-state index contributed by atoms with van der Waals surface area (Å²) >= 11 is 0. The molecule has 5 atom stereocenters. The molecule has 290 valence electrons. The number of ether oxygens (including phenoxy) is 2. The predicted molar refractivity (Wildman–Crippen MR) is 210 cm³/mol. The molecule has 0 spiro atoms. The van der Waals surface area contributed by atoms with Crippen LogP contribution < -0.4 is 5.32 Å². The van der Waals surface area contributed by atoms with Crippen LogP contribution in [0.3, 0.4) is 0 Å². The Bertz CT molecular complexity index is 2090. The van der Waals surface area contributed by atoms with E-state index in [-0.39, 0.29) is 59.7 Å². The van der Waals surface area contributed by atoms with Crippen LogP contribution in [0, 0.1) is 29.6 Å². The van der Waals surface area contributed by atoms with Crippen LogP contribution in [0.1, 0.15) is 83.8 Å². The Morgan fingerprint density at radius 1 is 0.909 bits per heavy atom. The molecule has 12 heteroatoms. The molecule has 1 saturated heterocycles. The zero-order valence-corrected chi connectivity index (χ0v) is 32.6. The summed E-state index contributed by atoms with van der Waals surface area (Å²) in [6.07, 6.45) is 7.06. The molecule has 1 unspecified atom stereocenters. The van der Waals surface area contributed by atoms with Gasteiger partial charge in [-0.15, -0.1) is 0 Å². The van der Waals surface area contributed by atoms with Crippen molar-refractivity contribution in [1.82, 2.24) is 15.2 Å². The lowest BCUT2D eigenvalue weighted by Crippen LogP contribution is -2.53. The van der Waals surface area contributed by atoms with E-state index in [4.69, 9.17) is 28.9 Å². The predicted octanol–water partition coefficient (Wildman–Crippen LogP) is 7.50. The SMILES string of the molecule is COC(=O)C[C@H](C(=O)C1CCC[C@H]1C1=Nc2ccc(-c3nc4cc(C5=CN=C([C@@H]6CCCN6C(=O)[C@@H](NC(=O)OC)C(C)C)C5)ccc4o3)cc2C1)C(C)C. The molecule has 4 heterocycles. The normalized spacial score (nSPS) is 21.7. The van der Waals surface area contributed by atoms with Gasteiger partial charge in [-0.25, -0.2) is 9.78 Å². The van der Waals surface area contributed by atoms with Crippen LogP contribution in [0.25, 0.3) is 28.1 Å². The number of alkyl carbamates (subject to hydrolysis) is 1. The van der Waals surface area contributed by atoms with Gasteiger partial charge in [-0.3, -0.25) is 24.4 Å². The number of likely N-dealkylation sites (tertiary alicyclic amines) is 1. The second kappa shape index (κ2) is 15.9. The summed E-state index contributed by atoms with van der Waals surface area (Å²) in [6, 6.07) is 11.3. The molecule has 2 aromatic carbocycles. The number of amides is 2.